The minimum absolute atomic E-state index is 0.0512. The molecule has 0 saturated carbocycles. The third kappa shape index (κ3) is 4.43. The molecule has 7 heteroatoms. The van der Waals surface area contributed by atoms with Crippen LogP contribution in [0.5, 0.6) is 5.75 Å². The summed E-state index contributed by atoms with van der Waals surface area (Å²) in [5, 5.41) is 22.4. The maximum absolute atomic E-state index is 11.7. The highest BCUT2D eigenvalue weighted by atomic mass is 16.5. The van der Waals surface area contributed by atoms with Crippen LogP contribution < -0.4 is 15.4 Å². The van der Waals surface area contributed by atoms with Gasteiger partial charge in [-0.15, -0.1) is 0 Å². The highest BCUT2D eigenvalue weighted by Gasteiger charge is 2.19. The lowest BCUT2D eigenvalue weighted by molar-refractivity contribution is -0.139. The van der Waals surface area contributed by atoms with E-state index >= 15 is 0 Å². The highest BCUT2D eigenvalue weighted by Crippen LogP contribution is 2.21. The SMILES string of the molecule is COc1ccc(NC(=O)NC(CCO)C(=O)O)cc1C. The molecule has 0 saturated heterocycles. The first-order chi connectivity index (χ1) is 9.47. The van der Waals surface area contributed by atoms with Crippen molar-refractivity contribution in [1.29, 1.82) is 0 Å². The number of aliphatic hydroxyl groups excluding tert-OH is 1. The summed E-state index contributed by atoms with van der Waals surface area (Å²) in [5.41, 5.74) is 1.37. The van der Waals surface area contributed by atoms with Gasteiger partial charge in [0.05, 0.1) is 7.11 Å². The van der Waals surface area contributed by atoms with Gasteiger partial charge in [0.1, 0.15) is 11.8 Å². The van der Waals surface area contributed by atoms with Gasteiger partial charge in [-0.1, -0.05) is 0 Å². The van der Waals surface area contributed by atoms with E-state index in [0.29, 0.717) is 11.4 Å². The van der Waals surface area contributed by atoms with Gasteiger partial charge in [-0.2, -0.15) is 0 Å². The predicted molar refractivity (Wildman–Crippen MR) is 73.0 cm³/mol. The molecule has 7 nitrogen and oxygen atoms in total. The van der Waals surface area contributed by atoms with Crippen LogP contribution >= 0.6 is 0 Å². The molecule has 1 atom stereocenters. The summed E-state index contributed by atoms with van der Waals surface area (Å²) < 4.78 is 5.10. The van der Waals surface area contributed by atoms with Crippen LogP contribution in [0.4, 0.5) is 10.5 Å². The molecule has 1 unspecified atom stereocenters. The third-order valence-electron chi connectivity index (χ3n) is 2.67. The van der Waals surface area contributed by atoms with Gasteiger partial charge in [-0.05, 0) is 30.7 Å². The van der Waals surface area contributed by atoms with Crippen molar-refractivity contribution in [2.75, 3.05) is 19.0 Å². The predicted octanol–water partition coefficient (Wildman–Crippen LogP) is 0.961. The molecule has 0 radical (unpaired) electrons. The molecular weight excluding hydrogens is 264 g/mol. The van der Waals surface area contributed by atoms with Crippen molar-refractivity contribution < 1.29 is 24.5 Å². The number of rotatable bonds is 6. The van der Waals surface area contributed by atoms with Gasteiger partial charge in [0.25, 0.3) is 0 Å². The standard InChI is InChI=1S/C13H18N2O5/c1-8-7-9(3-4-11(8)20-2)14-13(19)15-10(5-6-16)12(17)18/h3-4,7,10,16H,5-6H2,1-2H3,(H,17,18)(H2,14,15,19). The molecule has 0 aliphatic rings. The lowest BCUT2D eigenvalue weighted by atomic mass is 10.2. The van der Waals surface area contributed by atoms with E-state index in [4.69, 9.17) is 14.9 Å². The molecule has 2 amide bonds. The molecule has 110 valence electrons. The van der Waals surface area contributed by atoms with Crippen LogP contribution in [0.3, 0.4) is 0 Å². The number of carbonyl (C=O) groups is 2. The molecule has 0 heterocycles. The molecule has 0 spiro atoms. The van der Waals surface area contributed by atoms with Crippen molar-refractivity contribution in [3.63, 3.8) is 0 Å². The normalized spacial score (nSPS) is 11.6. The Hall–Kier alpha value is -2.28. The highest BCUT2D eigenvalue weighted by molar-refractivity contribution is 5.92. The molecule has 0 fully saturated rings. The van der Waals surface area contributed by atoms with Gasteiger partial charge < -0.3 is 25.6 Å². The van der Waals surface area contributed by atoms with E-state index < -0.39 is 18.0 Å². The van der Waals surface area contributed by atoms with E-state index in [-0.39, 0.29) is 13.0 Å². The fourth-order valence-electron chi connectivity index (χ4n) is 1.67. The number of hydrogen-bond acceptors (Lipinski definition) is 4. The number of carbonyl (C=O) groups excluding carboxylic acids is 1. The lowest BCUT2D eigenvalue weighted by Crippen LogP contribution is -2.43. The number of benzene rings is 1. The van der Waals surface area contributed by atoms with E-state index in [1.807, 2.05) is 6.92 Å². The van der Waals surface area contributed by atoms with Gasteiger partial charge in [-0.3, -0.25) is 0 Å². The van der Waals surface area contributed by atoms with Crippen LogP contribution in [0.1, 0.15) is 12.0 Å². The average molecular weight is 282 g/mol. The molecule has 20 heavy (non-hydrogen) atoms. The zero-order valence-electron chi connectivity index (χ0n) is 11.3. The zero-order chi connectivity index (χ0) is 15.1. The number of urea groups is 1. The third-order valence-corrected chi connectivity index (χ3v) is 2.67. The van der Waals surface area contributed by atoms with E-state index in [0.717, 1.165) is 5.56 Å². The number of methoxy groups -OCH3 is 1. The fraction of sp³-hybridized carbons (Fsp3) is 0.385. The molecule has 0 bridgehead atoms. The number of hydrogen-bond donors (Lipinski definition) is 4. The van der Waals surface area contributed by atoms with Crippen molar-refractivity contribution in [2.45, 2.75) is 19.4 Å². The van der Waals surface area contributed by atoms with Gasteiger partial charge in [0.2, 0.25) is 0 Å². The van der Waals surface area contributed by atoms with Crippen LogP contribution in [0.2, 0.25) is 0 Å². The summed E-state index contributed by atoms with van der Waals surface area (Å²) >= 11 is 0. The van der Waals surface area contributed by atoms with E-state index in [9.17, 15) is 9.59 Å². The second-order valence-electron chi connectivity index (χ2n) is 4.19. The monoisotopic (exact) mass is 282 g/mol. The van der Waals surface area contributed by atoms with Gasteiger partial charge in [0.15, 0.2) is 0 Å². The lowest BCUT2D eigenvalue weighted by Gasteiger charge is -2.14. The first-order valence-electron chi connectivity index (χ1n) is 6.03. The summed E-state index contributed by atoms with van der Waals surface area (Å²) in [7, 11) is 1.55. The topological polar surface area (TPSA) is 108 Å². The Labute approximate surface area is 116 Å². The number of carboxylic acid groups (broad SMARTS) is 1. The summed E-state index contributed by atoms with van der Waals surface area (Å²) in [6.07, 6.45) is -0.0512. The summed E-state index contributed by atoms with van der Waals surface area (Å²) in [5.74, 6) is -0.500. The maximum atomic E-state index is 11.7. The number of anilines is 1. The minimum Gasteiger partial charge on any atom is -0.496 e. The Kier molecular flexibility index (Phi) is 5.79. The van der Waals surface area contributed by atoms with Crippen molar-refractivity contribution in [3.05, 3.63) is 23.8 Å². The van der Waals surface area contributed by atoms with Crippen molar-refractivity contribution in [3.8, 4) is 5.75 Å². The molecular formula is C13H18N2O5. The maximum Gasteiger partial charge on any atom is 0.326 e. The number of carboxylic acids is 1. The number of aryl methyl sites for hydroxylation is 1. The molecule has 0 aliphatic heterocycles. The number of aliphatic hydroxyl groups is 1. The number of amides is 2. The second kappa shape index (κ2) is 7.34. The molecule has 1 aromatic carbocycles. The molecule has 0 aromatic heterocycles. The first kappa shape index (κ1) is 15.8. The Morgan fingerprint density at radius 3 is 2.60 bits per heavy atom. The smallest absolute Gasteiger partial charge is 0.326 e. The van der Waals surface area contributed by atoms with Crippen LogP contribution in [0.25, 0.3) is 0 Å². The molecule has 1 aromatic rings. The summed E-state index contributed by atoms with van der Waals surface area (Å²) in [6, 6.07) is 3.29. The van der Waals surface area contributed by atoms with Crippen molar-refractivity contribution >= 4 is 17.7 Å². The molecule has 1 rings (SSSR count). The van der Waals surface area contributed by atoms with E-state index in [1.54, 1.807) is 25.3 Å². The number of ether oxygens (including phenoxy) is 1. The zero-order valence-corrected chi connectivity index (χ0v) is 11.3. The number of nitrogens with one attached hydrogen (secondary N) is 2. The first-order valence-corrected chi connectivity index (χ1v) is 6.03. The van der Waals surface area contributed by atoms with Crippen molar-refractivity contribution in [2.24, 2.45) is 0 Å². The van der Waals surface area contributed by atoms with Crippen LogP contribution in [0, 0.1) is 6.92 Å². The minimum atomic E-state index is -1.19. The second-order valence-corrected chi connectivity index (χ2v) is 4.19. The van der Waals surface area contributed by atoms with Crippen LogP contribution in [-0.2, 0) is 4.79 Å². The summed E-state index contributed by atoms with van der Waals surface area (Å²) in [6.45, 7) is 1.51. The number of aliphatic carboxylic acids is 1. The largest absolute Gasteiger partial charge is 0.496 e. The summed E-state index contributed by atoms with van der Waals surface area (Å²) in [4.78, 5) is 22.5. The average Bonchev–Trinajstić information content (AvgIpc) is 2.38. The Bertz CT molecular complexity index is 490. The Morgan fingerprint density at radius 1 is 1.40 bits per heavy atom. The van der Waals surface area contributed by atoms with E-state index in [1.165, 1.54) is 0 Å². The van der Waals surface area contributed by atoms with Gasteiger partial charge in [-0.25, -0.2) is 9.59 Å². The quantitative estimate of drug-likeness (QED) is 0.621. The fourth-order valence-corrected chi connectivity index (χ4v) is 1.67. The molecule has 0 aliphatic carbocycles. The van der Waals surface area contributed by atoms with Crippen molar-refractivity contribution in [1.82, 2.24) is 5.32 Å². The molecule has 4 N–H and O–H groups in total. The Morgan fingerprint density at radius 2 is 2.10 bits per heavy atom. The van der Waals surface area contributed by atoms with E-state index in [2.05, 4.69) is 10.6 Å². The van der Waals surface area contributed by atoms with Gasteiger partial charge in [0, 0.05) is 18.7 Å². The van der Waals surface area contributed by atoms with Gasteiger partial charge >= 0.3 is 12.0 Å². The Balaban J connectivity index is 2.66. The van der Waals surface area contributed by atoms with Crippen LogP contribution in [0.15, 0.2) is 18.2 Å². The van der Waals surface area contributed by atoms with Crippen LogP contribution in [-0.4, -0.2) is 42.0 Å².